The molecular formula is C39H27N2+. The highest BCUT2D eigenvalue weighted by atomic mass is 14.9. The van der Waals surface area contributed by atoms with Crippen molar-refractivity contribution in [2.24, 2.45) is 0 Å². The molecule has 0 bridgehead atoms. The molecular weight excluding hydrogens is 496 g/mol. The Balaban J connectivity index is 1.59. The normalized spacial score (nSPS) is 11.4. The van der Waals surface area contributed by atoms with Crippen molar-refractivity contribution in [3.8, 4) is 44.8 Å². The van der Waals surface area contributed by atoms with E-state index in [9.17, 15) is 0 Å². The van der Waals surface area contributed by atoms with Gasteiger partial charge in [-0.25, -0.2) is 0 Å². The molecule has 3 aromatic heterocycles. The number of hydrogen-bond donors (Lipinski definition) is 1. The average Bonchev–Trinajstić information content (AvgIpc) is 3.45. The standard InChI is InChI=1S/C39H26N2/c1-5-15-27(16-6-1)34-32-25-24-31-35(28-17-7-2-8-18-28)39(30-21-11-4-12-22-30)41-26-14-13-23-33(41)36(31)38(32)40-37(34)29-19-9-3-10-20-29/h1-26H/p+1. The van der Waals surface area contributed by atoms with E-state index in [1.54, 1.807) is 0 Å². The average molecular weight is 524 g/mol. The molecule has 0 spiro atoms. The van der Waals surface area contributed by atoms with Crippen molar-refractivity contribution < 1.29 is 4.40 Å². The van der Waals surface area contributed by atoms with Gasteiger partial charge >= 0.3 is 0 Å². The second-order valence-corrected chi connectivity index (χ2v) is 10.4. The molecule has 0 aliphatic heterocycles. The van der Waals surface area contributed by atoms with Crippen molar-refractivity contribution >= 4 is 27.2 Å². The van der Waals surface area contributed by atoms with Crippen LogP contribution in [0, 0.1) is 0 Å². The second-order valence-electron chi connectivity index (χ2n) is 10.4. The molecule has 41 heavy (non-hydrogen) atoms. The molecule has 5 aromatic carbocycles. The van der Waals surface area contributed by atoms with Gasteiger partial charge in [-0.05, 0) is 34.9 Å². The summed E-state index contributed by atoms with van der Waals surface area (Å²) in [6.45, 7) is 0. The molecule has 0 unspecified atom stereocenters. The molecule has 0 fully saturated rings. The van der Waals surface area contributed by atoms with Gasteiger partial charge in [0.15, 0.2) is 6.20 Å². The van der Waals surface area contributed by atoms with Crippen LogP contribution in [0.25, 0.3) is 72.0 Å². The van der Waals surface area contributed by atoms with Gasteiger partial charge in [0.2, 0.25) is 11.2 Å². The highest BCUT2D eigenvalue weighted by Crippen LogP contribution is 2.44. The predicted octanol–water partition coefficient (Wildman–Crippen LogP) is 9.73. The zero-order valence-electron chi connectivity index (χ0n) is 22.5. The smallest absolute Gasteiger partial charge is 0.226 e. The molecule has 192 valence electrons. The van der Waals surface area contributed by atoms with E-state index in [0.717, 1.165) is 11.2 Å². The Morgan fingerprint density at radius 1 is 0.415 bits per heavy atom. The summed E-state index contributed by atoms with van der Waals surface area (Å²) in [5, 5.41) is 3.68. The Bertz CT molecular complexity index is 2160. The number of fused-ring (bicyclic) bond motifs is 5. The largest absolute Gasteiger partial charge is 0.353 e. The predicted molar refractivity (Wildman–Crippen MR) is 171 cm³/mol. The fourth-order valence-electron chi connectivity index (χ4n) is 6.33. The fraction of sp³-hybridized carbons (Fsp3) is 0. The van der Waals surface area contributed by atoms with Crippen molar-refractivity contribution in [1.29, 1.82) is 0 Å². The molecule has 0 radical (unpaired) electrons. The molecule has 1 N–H and O–H groups in total. The first-order valence-electron chi connectivity index (χ1n) is 14.0. The molecule has 3 heterocycles. The van der Waals surface area contributed by atoms with Crippen LogP contribution in [0.5, 0.6) is 0 Å². The summed E-state index contributed by atoms with van der Waals surface area (Å²) in [6, 6.07) is 54.1. The van der Waals surface area contributed by atoms with Crippen LogP contribution in [-0.4, -0.2) is 4.98 Å². The van der Waals surface area contributed by atoms with Crippen LogP contribution in [0.1, 0.15) is 0 Å². The summed E-state index contributed by atoms with van der Waals surface area (Å²) in [5.41, 5.74) is 11.9. The van der Waals surface area contributed by atoms with Crippen molar-refractivity contribution in [3.05, 3.63) is 158 Å². The van der Waals surface area contributed by atoms with Crippen molar-refractivity contribution in [3.63, 3.8) is 0 Å². The Morgan fingerprint density at radius 3 is 1.56 bits per heavy atom. The number of benzene rings is 5. The van der Waals surface area contributed by atoms with Crippen LogP contribution in [0.2, 0.25) is 0 Å². The summed E-state index contributed by atoms with van der Waals surface area (Å²) in [5.74, 6) is 0. The van der Waals surface area contributed by atoms with Crippen LogP contribution < -0.4 is 4.40 Å². The van der Waals surface area contributed by atoms with E-state index >= 15 is 0 Å². The highest BCUT2D eigenvalue weighted by Gasteiger charge is 2.27. The van der Waals surface area contributed by atoms with E-state index in [2.05, 4.69) is 167 Å². The minimum Gasteiger partial charge on any atom is -0.353 e. The van der Waals surface area contributed by atoms with Crippen LogP contribution in [0.15, 0.2) is 158 Å². The lowest BCUT2D eigenvalue weighted by Gasteiger charge is -2.13. The van der Waals surface area contributed by atoms with Gasteiger partial charge in [-0.3, -0.25) is 0 Å². The molecule has 2 heteroatoms. The number of H-pyrrole nitrogens is 1. The lowest BCUT2D eigenvalue weighted by atomic mass is 9.91. The van der Waals surface area contributed by atoms with E-state index in [-0.39, 0.29) is 0 Å². The quantitative estimate of drug-likeness (QED) is 0.175. The fourth-order valence-corrected chi connectivity index (χ4v) is 6.33. The van der Waals surface area contributed by atoms with Gasteiger partial charge in [-0.2, -0.15) is 4.40 Å². The number of nitrogens with zero attached hydrogens (tertiary/aromatic N) is 1. The van der Waals surface area contributed by atoms with Crippen LogP contribution in [-0.2, 0) is 0 Å². The maximum atomic E-state index is 3.94. The van der Waals surface area contributed by atoms with Crippen LogP contribution in [0.4, 0.5) is 0 Å². The molecule has 2 nitrogen and oxygen atoms in total. The van der Waals surface area contributed by atoms with Crippen molar-refractivity contribution in [2.75, 3.05) is 0 Å². The Labute approximate surface area is 238 Å². The number of nitrogens with one attached hydrogen (secondary N) is 1. The number of hydrogen-bond acceptors (Lipinski definition) is 0. The molecule has 8 aromatic rings. The lowest BCUT2D eigenvalue weighted by molar-refractivity contribution is -0.497. The molecule has 8 rings (SSSR count). The lowest BCUT2D eigenvalue weighted by Crippen LogP contribution is -2.26. The first kappa shape index (κ1) is 23.4. The number of pyridine rings is 2. The molecule has 0 amide bonds. The van der Waals surface area contributed by atoms with Crippen molar-refractivity contribution in [1.82, 2.24) is 4.98 Å². The molecule has 0 saturated heterocycles. The van der Waals surface area contributed by atoms with Crippen molar-refractivity contribution in [2.45, 2.75) is 0 Å². The summed E-state index contributed by atoms with van der Waals surface area (Å²) < 4.78 is 2.37. The topological polar surface area (TPSA) is 19.9 Å². The summed E-state index contributed by atoms with van der Waals surface area (Å²) in [6.07, 6.45) is 2.20. The molecule has 0 aliphatic rings. The molecule has 0 atom stereocenters. The summed E-state index contributed by atoms with van der Waals surface area (Å²) in [7, 11) is 0. The SMILES string of the molecule is c1ccc(-c2[nH]c3c(ccc4c(-c5ccccc5)c(-c5ccccc5)[n+]5ccccc5c43)c2-c2ccccc2)cc1. The van der Waals surface area contributed by atoms with Gasteiger partial charge in [-0.1, -0.05) is 121 Å². The molecule has 0 saturated carbocycles. The summed E-state index contributed by atoms with van der Waals surface area (Å²) in [4.78, 5) is 3.94. The first-order valence-corrected chi connectivity index (χ1v) is 14.0. The third kappa shape index (κ3) is 3.76. The van der Waals surface area contributed by atoms with E-state index in [4.69, 9.17) is 0 Å². The first-order chi connectivity index (χ1) is 20.4. The second kappa shape index (κ2) is 9.62. The Hall–Kier alpha value is -5.47. The monoisotopic (exact) mass is 523 g/mol. The van der Waals surface area contributed by atoms with Gasteiger partial charge in [0.05, 0.1) is 22.2 Å². The third-order valence-electron chi connectivity index (χ3n) is 8.07. The number of aromatic amines is 1. The number of rotatable bonds is 4. The van der Waals surface area contributed by atoms with Gasteiger partial charge in [0, 0.05) is 34.0 Å². The molecule has 0 aliphatic carbocycles. The van der Waals surface area contributed by atoms with Crippen LogP contribution in [0.3, 0.4) is 0 Å². The van der Waals surface area contributed by atoms with Gasteiger partial charge < -0.3 is 4.98 Å². The van der Waals surface area contributed by atoms with E-state index in [1.165, 1.54) is 60.8 Å². The van der Waals surface area contributed by atoms with E-state index < -0.39 is 0 Å². The van der Waals surface area contributed by atoms with Gasteiger partial charge in [-0.15, -0.1) is 0 Å². The maximum absolute atomic E-state index is 3.94. The van der Waals surface area contributed by atoms with E-state index in [1.807, 2.05) is 0 Å². The van der Waals surface area contributed by atoms with Gasteiger partial charge in [0.25, 0.3) is 0 Å². The Kier molecular flexibility index (Phi) is 5.49. The number of aromatic nitrogens is 2. The highest BCUT2D eigenvalue weighted by molar-refractivity contribution is 6.22. The summed E-state index contributed by atoms with van der Waals surface area (Å²) >= 11 is 0. The van der Waals surface area contributed by atoms with Crippen LogP contribution >= 0.6 is 0 Å². The maximum Gasteiger partial charge on any atom is 0.226 e. The minimum atomic E-state index is 1.14. The zero-order valence-corrected chi connectivity index (χ0v) is 22.5. The minimum absolute atomic E-state index is 1.14. The third-order valence-corrected chi connectivity index (χ3v) is 8.07. The van der Waals surface area contributed by atoms with Gasteiger partial charge in [0.1, 0.15) is 0 Å². The Morgan fingerprint density at radius 2 is 0.927 bits per heavy atom. The zero-order chi connectivity index (χ0) is 27.2. The van der Waals surface area contributed by atoms with E-state index in [0.29, 0.717) is 0 Å².